The topological polar surface area (TPSA) is 77.2 Å². The fourth-order valence-corrected chi connectivity index (χ4v) is 3.08. The second-order valence-corrected chi connectivity index (χ2v) is 6.60. The van der Waals surface area contributed by atoms with Crippen molar-refractivity contribution >= 4 is 28.1 Å². The van der Waals surface area contributed by atoms with E-state index in [1.807, 2.05) is 61.7 Å². The molecule has 3 aromatic rings. The number of thiazole rings is 1. The summed E-state index contributed by atoms with van der Waals surface area (Å²) in [6.07, 6.45) is 0. The van der Waals surface area contributed by atoms with Crippen molar-refractivity contribution in [1.82, 2.24) is 4.98 Å². The number of nitrogens with zero attached hydrogens (tertiary/aromatic N) is 1. The summed E-state index contributed by atoms with van der Waals surface area (Å²) in [6.45, 7) is 3.89. The molecule has 0 aliphatic heterocycles. The predicted octanol–water partition coefficient (Wildman–Crippen LogP) is 4.03. The maximum atomic E-state index is 12.1. The molecule has 0 fully saturated rings. The van der Waals surface area contributed by atoms with Crippen molar-refractivity contribution in [3.63, 3.8) is 0 Å². The van der Waals surface area contributed by atoms with Gasteiger partial charge in [0.2, 0.25) is 0 Å². The van der Waals surface area contributed by atoms with Crippen molar-refractivity contribution in [2.45, 2.75) is 13.8 Å². The number of rotatable bonds is 5. The number of amides is 1. The van der Waals surface area contributed by atoms with E-state index in [2.05, 4.69) is 10.3 Å². The second-order valence-electron chi connectivity index (χ2n) is 5.71. The molecule has 25 heavy (non-hydrogen) atoms. The van der Waals surface area contributed by atoms with E-state index in [1.165, 1.54) is 11.3 Å². The number of nitrogens with two attached hydrogens (primary N) is 1. The van der Waals surface area contributed by atoms with Gasteiger partial charge in [0.25, 0.3) is 5.91 Å². The lowest BCUT2D eigenvalue weighted by Gasteiger charge is -2.12. The Morgan fingerprint density at radius 1 is 1.16 bits per heavy atom. The molecule has 128 valence electrons. The first kappa shape index (κ1) is 17.0. The van der Waals surface area contributed by atoms with E-state index >= 15 is 0 Å². The van der Waals surface area contributed by atoms with Crippen molar-refractivity contribution in [2.75, 3.05) is 17.7 Å². The molecule has 0 saturated carbocycles. The van der Waals surface area contributed by atoms with Gasteiger partial charge in [0.05, 0.1) is 5.69 Å². The summed E-state index contributed by atoms with van der Waals surface area (Å²) in [5.74, 6) is 0.558. The lowest BCUT2D eigenvalue weighted by Crippen LogP contribution is -2.20. The number of carbonyl (C=O) groups is 1. The molecule has 0 atom stereocenters. The van der Waals surface area contributed by atoms with Crippen LogP contribution in [-0.2, 0) is 4.79 Å². The SMILES string of the molecule is Cc1cccc(C)c1OCC(=O)Nc1ccc(-c2csc(N)n2)cc1. The summed E-state index contributed by atoms with van der Waals surface area (Å²) in [7, 11) is 0. The van der Waals surface area contributed by atoms with Crippen LogP contribution < -0.4 is 15.8 Å². The molecule has 1 heterocycles. The first-order chi connectivity index (χ1) is 12.0. The Labute approximate surface area is 150 Å². The summed E-state index contributed by atoms with van der Waals surface area (Å²) in [5, 5.41) is 5.27. The zero-order valence-corrected chi connectivity index (χ0v) is 14.9. The molecule has 0 aliphatic carbocycles. The van der Waals surface area contributed by atoms with Crippen molar-refractivity contribution in [3.8, 4) is 17.0 Å². The van der Waals surface area contributed by atoms with E-state index in [-0.39, 0.29) is 12.5 Å². The minimum atomic E-state index is -0.201. The third-order valence-corrected chi connectivity index (χ3v) is 4.42. The highest BCUT2D eigenvalue weighted by Crippen LogP contribution is 2.25. The smallest absolute Gasteiger partial charge is 0.262 e. The first-order valence-corrected chi connectivity index (χ1v) is 8.71. The zero-order valence-electron chi connectivity index (χ0n) is 14.1. The fraction of sp³-hybridized carbons (Fsp3) is 0.158. The average Bonchev–Trinajstić information content (AvgIpc) is 3.01. The van der Waals surface area contributed by atoms with Crippen LogP contribution in [0.4, 0.5) is 10.8 Å². The molecular weight excluding hydrogens is 334 g/mol. The molecule has 6 heteroatoms. The van der Waals surface area contributed by atoms with E-state index in [0.29, 0.717) is 10.8 Å². The van der Waals surface area contributed by atoms with Gasteiger partial charge < -0.3 is 15.8 Å². The highest BCUT2D eigenvalue weighted by Gasteiger charge is 2.08. The molecule has 1 amide bonds. The van der Waals surface area contributed by atoms with Crippen molar-refractivity contribution < 1.29 is 9.53 Å². The molecule has 1 aromatic heterocycles. The van der Waals surface area contributed by atoms with Crippen LogP contribution in [0.3, 0.4) is 0 Å². The van der Waals surface area contributed by atoms with E-state index in [4.69, 9.17) is 10.5 Å². The van der Waals surface area contributed by atoms with Crippen molar-refractivity contribution in [3.05, 3.63) is 59.0 Å². The van der Waals surface area contributed by atoms with Crippen molar-refractivity contribution in [2.24, 2.45) is 0 Å². The van der Waals surface area contributed by atoms with Crippen LogP contribution in [-0.4, -0.2) is 17.5 Å². The largest absolute Gasteiger partial charge is 0.483 e. The number of nitrogens with one attached hydrogen (secondary N) is 1. The summed E-state index contributed by atoms with van der Waals surface area (Å²) >= 11 is 1.40. The Balaban J connectivity index is 1.59. The predicted molar refractivity (Wildman–Crippen MR) is 102 cm³/mol. The average molecular weight is 353 g/mol. The Hall–Kier alpha value is -2.86. The number of para-hydroxylation sites is 1. The van der Waals surface area contributed by atoms with Gasteiger partial charge in [-0.2, -0.15) is 0 Å². The standard InChI is InChI=1S/C19H19N3O2S/c1-12-4-3-5-13(2)18(12)24-10-17(23)21-15-8-6-14(7-9-15)16-11-25-19(20)22-16/h3-9,11H,10H2,1-2H3,(H2,20,22)(H,21,23). The second kappa shape index (κ2) is 7.36. The zero-order chi connectivity index (χ0) is 17.8. The van der Waals surface area contributed by atoms with E-state index < -0.39 is 0 Å². The number of aryl methyl sites for hydroxylation is 2. The van der Waals surface area contributed by atoms with Crippen LogP contribution in [0, 0.1) is 13.8 Å². The number of hydrogen-bond acceptors (Lipinski definition) is 5. The molecule has 3 rings (SSSR count). The fourth-order valence-electron chi connectivity index (χ4n) is 2.51. The lowest BCUT2D eigenvalue weighted by atomic mass is 10.1. The number of hydrogen-bond donors (Lipinski definition) is 2. The van der Waals surface area contributed by atoms with Gasteiger partial charge in [-0.25, -0.2) is 4.98 Å². The molecule has 0 aliphatic rings. The summed E-state index contributed by atoms with van der Waals surface area (Å²) in [6, 6.07) is 13.4. The third-order valence-electron chi connectivity index (χ3n) is 3.74. The molecule has 0 radical (unpaired) electrons. The van der Waals surface area contributed by atoms with E-state index in [0.717, 1.165) is 28.1 Å². The number of benzene rings is 2. The van der Waals surface area contributed by atoms with Crippen LogP contribution in [0.5, 0.6) is 5.75 Å². The Morgan fingerprint density at radius 3 is 2.44 bits per heavy atom. The Morgan fingerprint density at radius 2 is 1.84 bits per heavy atom. The number of anilines is 2. The highest BCUT2D eigenvalue weighted by atomic mass is 32.1. The summed E-state index contributed by atoms with van der Waals surface area (Å²) in [5.41, 5.74) is 10.2. The highest BCUT2D eigenvalue weighted by molar-refractivity contribution is 7.13. The molecular formula is C19H19N3O2S. The number of aromatic nitrogens is 1. The summed E-state index contributed by atoms with van der Waals surface area (Å²) in [4.78, 5) is 16.3. The number of ether oxygens (including phenoxy) is 1. The quantitative estimate of drug-likeness (QED) is 0.726. The van der Waals surface area contributed by atoms with Gasteiger partial charge in [-0.15, -0.1) is 11.3 Å². The molecule has 2 aromatic carbocycles. The van der Waals surface area contributed by atoms with Gasteiger partial charge in [-0.1, -0.05) is 30.3 Å². The maximum Gasteiger partial charge on any atom is 0.262 e. The molecule has 0 bridgehead atoms. The van der Waals surface area contributed by atoms with E-state index in [1.54, 1.807) is 0 Å². The van der Waals surface area contributed by atoms with Crippen LogP contribution in [0.1, 0.15) is 11.1 Å². The van der Waals surface area contributed by atoms with Gasteiger partial charge >= 0.3 is 0 Å². The van der Waals surface area contributed by atoms with Crippen LogP contribution in [0.25, 0.3) is 11.3 Å². The van der Waals surface area contributed by atoms with Crippen LogP contribution in [0.15, 0.2) is 47.8 Å². The van der Waals surface area contributed by atoms with Crippen LogP contribution in [0.2, 0.25) is 0 Å². The van der Waals surface area contributed by atoms with Gasteiger partial charge in [0, 0.05) is 16.6 Å². The minimum Gasteiger partial charge on any atom is -0.483 e. The van der Waals surface area contributed by atoms with Gasteiger partial charge in [0.1, 0.15) is 5.75 Å². The molecule has 5 nitrogen and oxygen atoms in total. The van der Waals surface area contributed by atoms with Crippen LogP contribution >= 0.6 is 11.3 Å². The third kappa shape index (κ3) is 4.16. The Kier molecular flexibility index (Phi) is 5.00. The van der Waals surface area contributed by atoms with E-state index in [9.17, 15) is 4.79 Å². The normalized spacial score (nSPS) is 10.5. The van der Waals surface area contributed by atoms with Gasteiger partial charge in [-0.05, 0) is 37.1 Å². The Bertz CT molecular complexity index is 868. The number of nitrogen functional groups attached to an aromatic ring is 1. The monoisotopic (exact) mass is 353 g/mol. The first-order valence-electron chi connectivity index (χ1n) is 7.83. The lowest BCUT2D eigenvalue weighted by molar-refractivity contribution is -0.118. The van der Waals surface area contributed by atoms with Gasteiger partial charge in [-0.3, -0.25) is 4.79 Å². The minimum absolute atomic E-state index is 0.0317. The molecule has 0 saturated heterocycles. The van der Waals surface area contributed by atoms with Crippen molar-refractivity contribution in [1.29, 1.82) is 0 Å². The molecule has 0 unspecified atom stereocenters. The van der Waals surface area contributed by atoms with Gasteiger partial charge in [0.15, 0.2) is 11.7 Å². The maximum absolute atomic E-state index is 12.1. The number of carbonyl (C=O) groups excluding carboxylic acids is 1. The molecule has 3 N–H and O–H groups in total. The molecule has 0 spiro atoms. The summed E-state index contributed by atoms with van der Waals surface area (Å²) < 4.78 is 5.66.